The number of rotatable bonds is 8. The zero-order chi connectivity index (χ0) is 25.3. The second kappa shape index (κ2) is 10.6. The van der Waals surface area contributed by atoms with Gasteiger partial charge in [0, 0.05) is 28.1 Å². The van der Waals surface area contributed by atoms with E-state index in [2.05, 4.69) is 23.9 Å². The first-order chi connectivity index (χ1) is 16.7. The Labute approximate surface area is 221 Å². The van der Waals surface area contributed by atoms with Gasteiger partial charge in [-0.15, -0.1) is 11.8 Å². The number of thioether (sulfide) groups is 1. The maximum Gasteiger partial charge on any atom is 0.355 e. The summed E-state index contributed by atoms with van der Waals surface area (Å²) in [4.78, 5) is 21.6. The molecular weight excluding hydrogens is 527 g/mol. The van der Waals surface area contributed by atoms with Gasteiger partial charge in [-0.3, -0.25) is 0 Å². The molecule has 4 aromatic rings. The standard InChI is InChI=1S/C24H22Cl2N4O3S2/c1-5-33-21-15(7-6-10-27-21)18-13(4)29-30(20(18)22(31)32)24-28-19(23(35-24)34-12(2)3)14-8-9-16(25)17(26)11-14/h6-12H,5H2,1-4H3,(H,31,32). The van der Waals surface area contributed by atoms with Gasteiger partial charge >= 0.3 is 5.97 Å². The first kappa shape index (κ1) is 25.5. The number of aryl methyl sites for hydroxylation is 1. The average Bonchev–Trinajstić information content (AvgIpc) is 3.37. The molecule has 0 bridgehead atoms. The molecule has 3 aromatic heterocycles. The molecule has 0 unspecified atom stereocenters. The lowest BCUT2D eigenvalue weighted by atomic mass is 10.0. The van der Waals surface area contributed by atoms with E-state index in [9.17, 15) is 9.90 Å². The van der Waals surface area contributed by atoms with Crippen LogP contribution >= 0.6 is 46.3 Å². The van der Waals surface area contributed by atoms with E-state index in [1.165, 1.54) is 16.0 Å². The third-order valence-electron chi connectivity index (χ3n) is 4.89. The molecule has 0 saturated heterocycles. The fraction of sp³-hybridized carbons (Fsp3) is 0.250. The molecule has 0 amide bonds. The van der Waals surface area contributed by atoms with Crippen molar-refractivity contribution in [3.63, 3.8) is 0 Å². The topological polar surface area (TPSA) is 90.1 Å². The molecule has 0 fully saturated rings. The summed E-state index contributed by atoms with van der Waals surface area (Å²) < 4.78 is 7.97. The summed E-state index contributed by atoms with van der Waals surface area (Å²) in [5, 5.41) is 16.4. The normalized spacial score (nSPS) is 11.3. The van der Waals surface area contributed by atoms with Crippen LogP contribution in [0.4, 0.5) is 0 Å². The number of carboxylic acids is 1. The van der Waals surface area contributed by atoms with Crippen LogP contribution in [0.2, 0.25) is 10.0 Å². The van der Waals surface area contributed by atoms with Crippen molar-refractivity contribution < 1.29 is 14.6 Å². The molecule has 11 heteroatoms. The maximum atomic E-state index is 12.5. The minimum atomic E-state index is -1.13. The van der Waals surface area contributed by atoms with Crippen molar-refractivity contribution in [3.8, 4) is 33.4 Å². The van der Waals surface area contributed by atoms with E-state index in [0.717, 1.165) is 9.77 Å². The van der Waals surface area contributed by atoms with Crippen molar-refractivity contribution in [3.05, 3.63) is 58.0 Å². The van der Waals surface area contributed by atoms with Crippen molar-refractivity contribution in [1.29, 1.82) is 0 Å². The maximum absolute atomic E-state index is 12.5. The van der Waals surface area contributed by atoms with Crippen molar-refractivity contribution >= 4 is 52.3 Å². The minimum absolute atomic E-state index is 0.00742. The largest absolute Gasteiger partial charge is 0.478 e. The SMILES string of the molecule is CCOc1ncccc1-c1c(C)nn(-c2nc(-c3ccc(Cl)c(Cl)c3)c(SC(C)C)s2)c1C(=O)O. The number of hydrogen-bond acceptors (Lipinski definition) is 7. The highest BCUT2D eigenvalue weighted by Crippen LogP contribution is 2.42. The number of carboxylic acid groups (broad SMARTS) is 1. The summed E-state index contributed by atoms with van der Waals surface area (Å²) in [6.07, 6.45) is 1.61. The number of benzene rings is 1. The third kappa shape index (κ3) is 5.18. The molecule has 0 spiro atoms. The van der Waals surface area contributed by atoms with Crippen LogP contribution in [0, 0.1) is 6.92 Å². The Morgan fingerprint density at radius 3 is 2.69 bits per heavy atom. The number of aromatic nitrogens is 4. The fourth-order valence-electron chi connectivity index (χ4n) is 3.52. The molecule has 3 heterocycles. The van der Waals surface area contributed by atoms with Crippen LogP contribution < -0.4 is 4.74 Å². The molecular formula is C24H22Cl2N4O3S2. The summed E-state index contributed by atoms with van der Waals surface area (Å²) in [6.45, 7) is 8.17. The van der Waals surface area contributed by atoms with Gasteiger partial charge in [-0.2, -0.15) is 9.78 Å². The van der Waals surface area contributed by atoms with E-state index in [1.54, 1.807) is 49.1 Å². The number of halogens is 2. The van der Waals surface area contributed by atoms with Gasteiger partial charge < -0.3 is 9.84 Å². The van der Waals surface area contributed by atoms with E-state index in [4.69, 9.17) is 32.9 Å². The molecule has 0 aliphatic rings. The molecule has 35 heavy (non-hydrogen) atoms. The van der Waals surface area contributed by atoms with Crippen molar-refractivity contribution in [2.75, 3.05) is 6.61 Å². The van der Waals surface area contributed by atoms with E-state index < -0.39 is 5.97 Å². The first-order valence-corrected chi connectivity index (χ1v) is 13.2. The van der Waals surface area contributed by atoms with E-state index >= 15 is 0 Å². The number of aromatic carboxylic acids is 1. The predicted octanol–water partition coefficient (Wildman–Crippen LogP) is 7.27. The number of ether oxygens (including phenoxy) is 1. The Bertz CT molecular complexity index is 1400. The lowest BCUT2D eigenvalue weighted by Gasteiger charge is -2.09. The minimum Gasteiger partial charge on any atom is -0.478 e. The highest BCUT2D eigenvalue weighted by atomic mass is 35.5. The highest BCUT2D eigenvalue weighted by molar-refractivity contribution is 8.01. The van der Waals surface area contributed by atoms with Gasteiger partial charge in [0.2, 0.25) is 11.0 Å². The Morgan fingerprint density at radius 2 is 2.03 bits per heavy atom. The van der Waals surface area contributed by atoms with Crippen LogP contribution in [0.15, 0.2) is 40.7 Å². The van der Waals surface area contributed by atoms with Crippen LogP contribution in [0.5, 0.6) is 5.88 Å². The van der Waals surface area contributed by atoms with Gasteiger partial charge in [-0.1, -0.05) is 54.5 Å². The van der Waals surface area contributed by atoms with E-state index in [0.29, 0.717) is 50.2 Å². The molecule has 7 nitrogen and oxygen atoms in total. The van der Waals surface area contributed by atoms with Crippen LogP contribution in [-0.4, -0.2) is 42.7 Å². The molecule has 4 rings (SSSR count). The van der Waals surface area contributed by atoms with Crippen molar-refractivity contribution in [2.45, 2.75) is 37.2 Å². The lowest BCUT2D eigenvalue weighted by Crippen LogP contribution is -2.09. The quantitative estimate of drug-likeness (QED) is 0.231. The second-order valence-corrected chi connectivity index (χ2v) is 11.4. The van der Waals surface area contributed by atoms with Gasteiger partial charge in [0.25, 0.3) is 0 Å². The van der Waals surface area contributed by atoms with Crippen LogP contribution in [-0.2, 0) is 0 Å². The summed E-state index contributed by atoms with van der Waals surface area (Å²) in [6, 6.07) is 8.85. The highest BCUT2D eigenvalue weighted by Gasteiger charge is 2.28. The number of pyridine rings is 1. The number of nitrogens with zero attached hydrogens (tertiary/aromatic N) is 4. The van der Waals surface area contributed by atoms with E-state index in [-0.39, 0.29) is 10.9 Å². The molecule has 1 N–H and O–H groups in total. The summed E-state index contributed by atoms with van der Waals surface area (Å²) in [5.74, 6) is -0.775. The Hall–Kier alpha value is -2.59. The third-order valence-corrected chi connectivity index (χ3v) is 7.87. The molecule has 0 radical (unpaired) electrons. The second-order valence-electron chi connectivity index (χ2n) is 7.74. The number of hydrogen-bond donors (Lipinski definition) is 1. The Kier molecular flexibility index (Phi) is 7.70. The van der Waals surface area contributed by atoms with Gasteiger partial charge in [-0.25, -0.2) is 14.8 Å². The van der Waals surface area contributed by atoms with Crippen molar-refractivity contribution in [2.24, 2.45) is 0 Å². The average molecular weight is 550 g/mol. The predicted molar refractivity (Wildman–Crippen MR) is 142 cm³/mol. The summed E-state index contributed by atoms with van der Waals surface area (Å²) in [7, 11) is 0. The fourth-order valence-corrected chi connectivity index (χ4v) is 6.30. The van der Waals surface area contributed by atoms with Gasteiger partial charge in [0.05, 0.1) is 32.2 Å². The van der Waals surface area contributed by atoms with Crippen LogP contribution in [0.3, 0.4) is 0 Å². The molecule has 0 saturated carbocycles. The zero-order valence-electron chi connectivity index (χ0n) is 19.4. The molecule has 0 atom stereocenters. The molecule has 0 aliphatic heterocycles. The van der Waals surface area contributed by atoms with Crippen molar-refractivity contribution in [1.82, 2.24) is 19.7 Å². The number of thiazole rings is 1. The summed E-state index contributed by atoms with van der Waals surface area (Å²) in [5.41, 5.74) is 3.02. The Morgan fingerprint density at radius 1 is 1.26 bits per heavy atom. The molecule has 0 aliphatic carbocycles. The van der Waals surface area contributed by atoms with Crippen LogP contribution in [0.25, 0.3) is 27.5 Å². The molecule has 182 valence electrons. The van der Waals surface area contributed by atoms with Crippen LogP contribution in [0.1, 0.15) is 37.0 Å². The zero-order valence-corrected chi connectivity index (χ0v) is 22.5. The smallest absolute Gasteiger partial charge is 0.355 e. The number of carbonyl (C=O) groups is 1. The van der Waals surface area contributed by atoms with E-state index in [1.807, 2.05) is 13.0 Å². The Balaban J connectivity index is 1.93. The van der Waals surface area contributed by atoms with Gasteiger partial charge in [0.1, 0.15) is 0 Å². The molecule has 1 aromatic carbocycles. The monoisotopic (exact) mass is 548 g/mol. The van der Waals surface area contributed by atoms with Gasteiger partial charge in [-0.05, 0) is 38.1 Å². The lowest BCUT2D eigenvalue weighted by molar-refractivity contribution is 0.0688. The van der Waals surface area contributed by atoms with Gasteiger partial charge in [0.15, 0.2) is 5.69 Å². The summed E-state index contributed by atoms with van der Waals surface area (Å²) >= 11 is 15.4. The first-order valence-electron chi connectivity index (χ1n) is 10.8.